The van der Waals surface area contributed by atoms with Gasteiger partial charge in [0.15, 0.2) is 16.9 Å². The van der Waals surface area contributed by atoms with Crippen molar-refractivity contribution in [1.29, 1.82) is 0 Å². The van der Waals surface area contributed by atoms with Gasteiger partial charge in [0, 0.05) is 62.1 Å². The van der Waals surface area contributed by atoms with E-state index in [2.05, 4.69) is 24.7 Å². The Hall–Kier alpha value is -5.33. The lowest BCUT2D eigenvalue weighted by Crippen LogP contribution is -2.20. The van der Waals surface area contributed by atoms with Crippen molar-refractivity contribution in [3.05, 3.63) is 125 Å². The van der Waals surface area contributed by atoms with Crippen LogP contribution in [0.4, 0.5) is 26.0 Å². The summed E-state index contributed by atoms with van der Waals surface area (Å²) in [7, 11) is -7.58. The molecule has 0 saturated heterocycles. The van der Waals surface area contributed by atoms with Gasteiger partial charge in [-0.3, -0.25) is 14.2 Å². The van der Waals surface area contributed by atoms with Crippen LogP contribution in [0.1, 0.15) is 0 Å². The molecule has 0 radical (unpaired) electrons. The topological polar surface area (TPSA) is 182 Å². The summed E-state index contributed by atoms with van der Waals surface area (Å²) in [6, 6.07) is 23.7. The predicted octanol–water partition coefficient (Wildman–Crippen LogP) is 7.59. The van der Waals surface area contributed by atoms with E-state index >= 15 is 0 Å². The van der Waals surface area contributed by atoms with Gasteiger partial charge in [0.25, 0.3) is 26.0 Å². The third-order valence-electron chi connectivity index (χ3n) is 7.22. The molecule has 18 heteroatoms. The normalized spacial score (nSPS) is 11.4. The van der Waals surface area contributed by atoms with Crippen LogP contribution in [0.5, 0.6) is 5.75 Å². The lowest BCUT2D eigenvalue weighted by atomic mass is 10.1. The quantitative estimate of drug-likeness (QED) is 0.101. The lowest BCUT2D eigenvalue weighted by molar-refractivity contribution is -0.118. The Labute approximate surface area is 310 Å². The molecule has 266 valence electrons. The fraction of sp³-hybridized carbons (Fsp3) is 0.0294. The van der Waals surface area contributed by atoms with E-state index in [1.807, 2.05) is 0 Å². The number of thiazole rings is 2. The molecular formula is C34H26ClFN6O6S4. The van der Waals surface area contributed by atoms with Crippen LogP contribution in [0.25, 0.3) is 21.5 Å². The maximum Gasteiger partial charge on any atom is 0.264 e. The molecule has 0 atom stereocenters. The summed E-state index contributed by atoms with van der Waals surface area (Å²) in [6.45, 7) is -0.345. The second kappa shape index (κ2) is 15.5. The average Bonchev–Trinajstić information content (AvgIpc) is 3.83. The first-order valence-electron chi connectivity index (χ1n) is 14.9. The SMILES string of the molecule is Nc1cccc2c(S(=O)(=O)Nc3nccs3)cccc12.O=C(COc1ccc(F)c(Cl)c1)Nc1cccc2c(S(=O)(=O)Nc3nccs3)cccc12. The highest BCUT2D eigenvalue weighted by Crippen LogP contribution is 2.31. The van der Waals surface area contributed by atoms with Gasteiger partial charge in [-0.1, -0.05) is 60.1 Å². The first-order valence-corrected chi connectivity index (χ1v) is 20.0. The van der Waals surface area contributed by atoms with Crippen molar-refractivity contribution in [2.24, 2.45) is 0 Å². The van der Waals surface area contributed by atoms with Gasteiger partial charge in [-0.05, 0) is 36.4 Å². The number of aromatic nitrogens is 2. The van der Waals surface area contributed by atoms with Gasteiger partial charge in [-0.2, -0.15) is 0 Å². The molecule has 52 heavy (non-hydrogen) atoms. The van der Waals surface area contributed by atoms with E-state index in [0.717, 1.165) is 11.5 Å². The Balaban J connectivity index is 0.000000198. The van der Waals surface area contributed by atoms with Crippen LogP contribution in [-0.2, 0) is 24.8 Å². The van der Waals surface area contributed by atoms with E-state index in [-0.39, 0.29) is 32.3 Å². The van der Waals surface area contributed by atoms with Crippen molar-refractivity contribution in [2.75, 3.05) is 27.1 Å². The van der Waals surface area contributed by atoms with Gasteiger partial charge in [0.05, 0.1) is 14.8 Å². The molecule has 0 unspecified atom stereocenters. The molecular weight excluding hydrogens is 771 g/mol. The van der Waals surface area contributed by atoms with Gasteiger partial charge in [-0.25, -0.2) is 31.2 Å². The fourth-order valence-corrected chi connectivity index (χ4v) is 9.15. The molecule has 2 heterocycles. The molecule has 5 aromatic carbocycles. The van der Waals surface area contributed by atoms with Crippen LogP contribution in [0.2, 0.25) is 5.02 Å². The number of carbonyl (C=O) groups is 1. The molecule has 0 spiro atoms. The summed E-state index contributed by atoms with van der Waals surface area (Å²) in [5.41, 5.74) is 6.84. The zero-order valence-electron chi connectivity index (χ0n) is 26.5. The summed E-state index contributed by atoms with van der Waals surface area (Å²) in [4.78, 5) is 20.5. The minimum atomic E-state index is -3.89. The average molecular weight is 797 g/mol. The van der Waals surface area contributed by atoms with E-state index in [0.29, 0.717) is 32.7 Å². The number of nitrogen functional groups attached to an aromatic ring is 1. The Morgan fingerprint density at radius 3 is 1.87 bits per heavy atom. The van der Waals surface area contributed by atoms with Crippen LogP contribution >= 0.6 is 34.3 Å². The minimum absolute atomic E-state index is 0.0542. The molecule has 2 aromatic heterocycles. The Kier molecular flexibility index (Phi) is 10.9. The molecule has 0 fully saturated rings. The molecule has 0 bridgehead atoms. The molecule has 0 saturated carbocycles. The number of amides is 1. The fourth-order valence-electron chi connectivity index (χ4n) is 4.95. The molecule has 0 aliphatic carbocycles. The molecule has 7 aromatic rings. The standard InChI is InChI=1S/C21H15ClFN3O4S2.C13H11N3O2S2/c22-16-11-13(7-8-17(16)23)30-12-20(27)25-18-5-1-4-15-14(18)3-2-6-19(15)32(28,29)26-21-24-9-10-31-21;14-11-5-1-4-10-9(11)3-2-6-12(10)20(17,18)16-13-15-7-8-19-13/h1-11H,12H2,(H,24,26)(H,25,27);1-8H,14H2,(H,15,16). The highest BCUT2D eigenvalue weighted by atomic mass is 35.5. The van der Waals surface area contributed by atoms with Crippen molar-refractivity contribution >= 4 is 103 Å². The molecule has 12 nitrogen and oxygen atoms in total. The van der Waals surface area contributed by atoms with Crippen molar-refractivity contribution in [3.63, 3.8) is 0 Å². The number of hydrogen-bond donors (Lipinski definition) is 4. The van der Waals surface area contributed by atoms with Gasteiger partial charge < -0.3 is 15.8 Å². The van der Waals surface area contributed by atoms with Crippen LogP contribution in [0.15, 0.2) is 124 Å². The third-order valence-corrected chi connectivity index (χ3v) is 11.9. The van der Waals surface area contributed by atoms with Crippen molar-refractivity contribution < 1.29 is 30.8 Å². The second-order valence-electron chi connectivity index (χ2n) is 10.7. The number of nitrogens with one attached hydrogen (secondary N) is 3. The van der Waals surface area contributed by atoms with E-state index in [9.17, 15) is 26.0 Å². The minimum Gasteiger partial charge on any atom is -0.484 e. The number of rotatable bonds is 10. The number of hydrogen-bond acceptors (Lipinski definition) is 11. The number of fused-ring (bicyclic) bond motifs is 2. The third kappa shape index (κ3) is 8.41. The number of halogens is 2. The second-order valence-corrected chi connectivity index (χ2v) is 16.2. The number of ether oxygens (including phenoxy) is 1. The van der Waals surface area contributed by atoms with Crippen LogP contribution in [-0.4, -0.2) is 39.3 Å². The van der Waals surface area contributed by atoms with Crippen LogP contribution in [0, 0.1) is 5.82 Å². The predicted molar refractivity (Wildman–Crippen MR) is 204 cm³/mol. The summed E-state index contributed by atoms with van der Waals surface area (Å²) >= 11 is 8.10. The number of anilines is 4. The molecule has 5 N–H and O–H groups in total. The van der Waals surface area contributed by atoms with Crippen LogP contribution in [0.3, 0.4) is 0 Å². The number of benzene rings is 5. The molecule has 7 rings (SSSR count). The monoisotopic (exact) mass is 796 g/mol. The summed E-state index contributed by atoms with van der Waals surface area (Å²) in [5.74, 6) is -0.826. The van der Waals surface area contributed by atoms with E-state index in [4.69, 9.17) is 22.1 Å². The first kappa shape index (κ1) is 36.5. The highest BCUT2D eigenvalue weighted by Gasteiger charge is 2.21. The van der Waals surface area contributed by atoms with E-state index in [1.165, 1.54) is 47.1 Å². The largest absolute Gasteiger partial charge is 0.484 e. The summed E-state index contributed by atoms with van der Waals surface area (Å²) in [5, 5.41) is 8.84. The number of sulfonamides is 2. The van der Waals surface area contributed by atoms with Gasteiger partial charge in [0.2, 0.25) is 0 Å². The van der Waals surface area contributed by atoms with Crippen molar-refractivity contribution in [1.82, 2.24) is 9.97 Å². The smallest absolute Gasteiger partial charge is 0.264 e. The zero-order chi connectivity index (χ0) is 36.9. The number of nitrogens with two attached hydrogens (primary N) is 1. The Bertz CT molecular complexity index is 2610. The van der Waals surface area contributed by atoms with Crippen molar-refractivity contribution in [2.45, 2.75) is 9.79 Å². The maximum absolute atomic E-state index is 13.2. The lowest BCUT2D eigenvalue weighted by Gasteiger charge is -2.13. The Morgan fingerprint density at radius 2 is 1.29 bits per heavy atom. The molecule has 0 aliphatic rings. The van der Waals surface area contributed by atoms with Gasteiger partial charge in [-0.15, -0.1) is 22.7 Å². The van der Waals surface area contributed by atoms with Gasteiger partial charge >= 0.3 is 0 Å². The summed E-state index contributed by atoms with van der Waals surface area (Å²) in [6.07, 6.45) is 3.05. The van der Waals surface area contributed by atoms with E-state index in [1.54, 1.807) is 83.7 Å². The zero-order valence-corrected chi connectivity index (χ0v) is 30.5. The highest BCUT2D eigenvalue weighted by molar-refractivity contribution is 7.93. The Morgan fingerprint density at radius 1 is 0.750 bits per heavy atom. The first-order chi connectivity index (χ1) is 24.9. The van der Waals surface area contributed by atoms with E-state index < -0.39 is 31.8 Å². The number of carbonyl (C=O) groups excluding carboxylic acids is 1. The molecule has 1 amide bonds. The van der Waals surface area contributed by atoms with Gasteiger partial charge in [0.1, 0.15) is 11.6 Å². The summed E-state index contributed by atoms with van der Waals surface area (Å²) < 4.78 is 74.1. The molecule has 0 aliphatic heterocycles. The number of nitrogens with zero attached hydrogens (tertiary/aromatic N) is 2. The van der Waals surface area contributed by atoms with Crippen molar-refractivity contribution in [3.8, 4) is 5.75 Å². The maximum atomic E-state index is 13.2. The van der Waals surface area contributed by atoms with Crippen LogP contribution < -0.4 is 25.2 Å².